The Kier molecular flexibility index (Phi) is 5.16. The highest BCUT2D eigenvalue weighted by molar-refractivity contribution is 8.38. The van der Waals surface area contributed by atoms with Gasteiger partial charge in [-0.15, -0.1) is 0 Å². The molecule has 1 rings (SSSR count). The summed E-state index contributed by atoms with van der Waals surface area (Å²) >= 11 is 1.75. The van der Waals surface area contributed by atoms with Crippen molar-refractivity contribution < 1.29 is 26.4 Å². The monoisotopic (exact) mass is 331 g/mol. The van der Waals surface area contributed by atoms with E-state index in [2.05, 4.69) is 0 Å². The Morgan fingerprint density at radius 3 is 2.47 bits per heavy atom. The number of benzene rings is 1. The van der Waals surface area contributed by atoms with E-state index in [-0.39, 0.29) is 10.1 Å². The average molecular weight is 331 g/mol. The first kappa shape index (κ1) is 16.2. The zero-order valence-electron chi connectivity index (χ0n) is 9.39. The third kappa shape index (κ3) is 4.62. The smallest absolute Gasteiger partial charge is 0.276 e. The van der Waals surface area contributed by atoms with Crippen LogP contribution in [-0.4, -0.2) is 24.6 Å². The summed E-state index contributed by atoms with van der Waals surface area (Å²) in [6, 6.07) is 5.16. The average Bonchev–Trinajstić information content (AvgIpc) is 2.27. The number of alkyl halides is 3. The summed E-state index contributed by atoms with van der Waals surface area (Å²) in [5, 5.41) is 0. The molecule has 0 fully saturated rings. The molecule has 0 unspecified atom stereocenters. The summed E-state index contributed by atoms with van der Waals surface area (Å²) in [6.45, 7) is 0. The molecule has 0 saturated heterocycles. The molecule has 19 heavy (non-hydrogen) atoms. The Bertz CT molecular complexity index is 572. The number of nitrogens with one attached hydrogen (secondary N) is 1. The summed E-state index contributed by atoms with van der Waals surface area (Å²) in [5.74, 6) is 0. The summed E-state index contributed by atoms with van der Waals surface area (Å²) in [4.78, 5) is 11.5. The Balaban J connectivity index is 2.92. The molecule has 0 aliphatic carbocycles. The highest BCUT2D eigenvalue weighted by atomic mass is 32.2. The molecule has 0 aliphatic rings. The number of anilines is 1. The maximum absolute atomic E-state index is 12.2. The molecule has 0 saturated carbocycles. The first-order chi connectivity index (χ1) is 8.65. The number of thioether (sulfide) groups is 2. The van der Waals surface area contributed by atoms with E-state index in [1.165, 1.54) is 16.9 Å². The number of halogens is 3. The van der Waals surface area contributed by atoms with Gasteiger partial charge in [0.05, 0.1) is 0 Å². The van der Waals surface area contributed by atoms with Crippen LogP contribution in [0.4, 0.5) is 23.7 Å². The van der Waals surface area contributed by atoms with E-state index < -0.39 is 15.5 Å². The van der Waals surface area contributed by atoms with E-state index in [0.717, 1.165) is 35.7 Å². The lowest BCUT2D eigenvalue weighted by Crippen LogP contribution is -2.29. The standard InChI is InChI=1S/C9H8F3NO3S3/c1-17-8(14)18-7-4-2-3-6(5-7)13-19(15,16)9(10,11)12/h2-5,13H,1H3. The molecule has 1 N–H and O–H groups in total. The second-order valence-electron chi connectivity index (χ2n) is 3.14. The van der Waals surface area contributed by atoms with Gasteiger partial charge in [0, 0.05) is 10.6 Å². The van der Waals surface area contributed by atoms with Crippen LogP contribution in [0.5, 0.6) is 0 Å². The molecule has 0 aliphatic heterocycles. The normalized spacial score (nSPS) is 12.2. The molecule has 0 bridgehead atoms. The van der Waals surface area contributed by atoms with Crippen molar-refractivity contribution in [2.45, 2.75) is 10.4 Å². The second kappa shape index (κ2) is 6.06. The molecular formula is C9H8F3NO3S3. The minimum atomic E-state index is -5.45. The second-order valence-corrected chi connectivity index (χ2v) is 6.89. The molecule has 0 amide bonds. The predicted molar refractivity (Wildman–Crippen MR) is 69.8 cm³/mol. The molecule has 10 heteroatoms. The topological polar surface area (TPSA) is 63.2 Å². The van der Waals surface area contributed by atoms with Crippen LogP contribution < -0.4 is 4.72 Å². The first-order valence-corrected chi connectivity index (χ1v) is 8.13. The third-order valence-electron chi connectivity index (χ3n) is 1.76. The van der Waals surface area contributed by atoms with E-state index in [1.807, 2.05) is 0 Å². The fourth-order valence-electron chi connectivity index (χ4n) is 0.974. The van der Waals surface area contributed by atoms with Gasteiger partial charge in [0.2, 0.25) is 0 Å². The van der Waals surface area contributed by atoms with Crippen LogP contribution in [0.3, 0.4) is 0 Å². The summed E-state index contributed by atoms with van der Waals surface area (Å²) in [7, 11) is -5.45. The molecular weight excluding hydrogens is 323 g/mol. The number of rotatable bonds is 3. The number of hydrogen-bond acceptors (Lipinski definition) is 5. The lowest BCUT2D eigenvalue weighted by molar-refractivity contribution is -0.0429. The van der Waals surface area contributed by atoms with Crippen LogP contribution in [0.1, 0.15) is 0 Å². The van der Waals surface area contributed by atoms with Crippen LogP contribution in [0, 0.1) is 0 Å². The lowest BCUT2D eigenvalue weighted by Gasteiger charge is -2.11. The van der Waals surface area contributed by atoms with Crippen molar-refractivity contribution >= 4 is 43.7 Å². The van der Waals surface area contributed by atoms with Crippen LogP contribution in [0.15, 0.2) is 29.2 Å². The van der Waals surface area contributed by atoms with E-state index in [1.54, 1.807) is 6.26 Å². The van der Waals surface area contributed by atoms with Gasteiger partial charge in [-0.1, -0.05) is 17.8 Å². The fourth-order valence-corrected chi connectivity index (χ4v) is 2.67. The zero-order chi connectivity index (χ0) is 14.7. The van der Waals surface area contributed by atoms with Crippen LogP contribution in [-0.2, 0) is 10.0 Å². The summed E-state index contributed by atoms with van der Waals surface area (Å²) in [6.07, 6.45) is 1.56. The molecule has 0 spiro atoms. The van der Waals surface area contributed by atoms with Gasteiger partial charge in [-0.25, -0.2) is 0 Å². The zero-order valence-corrected chi connectivity index (χ0v) is 11.8. The largest absolute Gasteiger partial charge is 0.516 e. The van der Waals surface area contributed by atoms with Gasteiger partial charge in [0.1, 0.15) is 0 Å². The third-order valence-corrected chi connectivity index (χ3v) is 4.61. The Morgan fingerprint density at radius 1 is 1.32 bits per heavy atom. The van der Waals surface area contributed by atoms with Crippen molar-refractivity contribution in [3.8, 4) is 0 Å². The molecule has 0 heterocycles. The van der Waals surface area contributed by atoms with Gasteiger partial charge in [-0.2, -0.15) is 21.6 Å². The van der Waals surface area contributed by atoms with E-state index >= 15 is 0 Å². The Hall–Kier alpha value is -0.870. The van der Waals surface area contributed by atoms with E-state index in [9.17, 15) is 26.4 Å². The van der Waals surface area contributed by atoms with Gasteiger partial charge in [-0.3, -0.25) is 9.52 Å². The SMILES string of the molecule is CSC(=O)Sc1cccc(NS(=O)(=O)C(F)(F)F)c1. The van der Waals surface area contributed by atoms with Gasteiger partial charge < -0.3 is 0 Å². The van der Waals surface area contributed by atoms with Gasteiger partial charge in [-0.05, 0) is 36.2 Å². The quantitative estimate of drug-likeness (QED) is 0.859. The highest BCUT2D eigenvalue weighted by Crippen LogP contribution is 2.29. The van der Waals surface area contributed by atoms with Crippen molar-refractivity contribution in [2.75, 3.05) is 11.0 Å². The van der Waals surface area contributed by atoms with Gasteiger partial charge >= 0.3 is 15.5 Å². The lowest BCUT2D eigenvalue weighted by atomic mass is 10.3. The van der Waals surface area contributed by atoms with Crippen molar-refractivity contribution in [1.29, 1.82) is 0 Å². The first-order valence-electron chi connectivity index (χ1n) is 4.60. The molecule has 106 valence electrons. The van der Waals surface area contributed by atoms with E-state index in [4.69, 9.17) is 0 Å². The number of carbonyl (C=O) groups excluding carboxylic acids is 1. The highest BCUT2D eigenvalue weighted by Gasteiger charge is 2.46. The van der Waals surface area contributed by atoms with Crippen molar-refractivity contribution in [1.82, 2.24) is 0 Å². The van der Waals surface area contributed by atoms with Gasteiger partial charge in [0.25, 0.3) is 4.45 Å². The van der Waals surface area contributed by atoms with Crippen molar-refractivity contribution in [2.24, 2.45) is 0 Å². The fraction of sp³-hybridized carbons (Fsp3) is 0.222. The maximum atomic E-state index is 12.2. The molecule has 1 aromatic carbocycles. The van der Waals surface area contributed by atoms with Crippen LogP contribution >= 0.6 is 23.5 Å². The number of sulfonamides is 1. The van der Waals surface area contributed by atoms with E-state index in [0.29, 0.717) is 4.90 Å². The van der Waals surface area contributed by atoms with Crippen LogP contribution in [0.25, 0.3) is 0 Å². The minimum Gasteiger partial charge on any atom is -0.276 e. The number of hydrogen-bond donors (Lipinski definition) is 1. The molecule has 0 atom stereocenters. The molecule has 0 radical (unpaired) electrons. The van der Waals surface area contributed by atoms with Crippen molar-refractivity contribution in [3.63, 3.8) is 0 Å². The molecule has 0 aromatic heterocycles. The molecule has 1 aromatic rings. The van der Waals surface area contributed by atoms with Gasteiger partial charge in [0.15, 0.2) is 0 Å². The summed E-state index contributed by atoms with van der Waals surface area (Å²) < 4.78 is 59.5. The molecule has 4 nitrogen and oxygen atoms in total. The predicted octanol–water partition coefficient (Wildman–Crippen LogP) is 3.52. The number of carbonyl (C=O) groups is 1. The Labute approximate surface area is 116 Å². The van der Waals surface area contributed by atoms with Crippen LogP contribution in [0.2, 0.25) is 0 Å². The summed E-state index contributed by atoms with van der Waals surface area (Å²) in [5.41, 5.74) is -5.64. The minimum absolute atomic E-state index is 0.253. The Morgan fingerprint density at radius 2 is 1.95 bits per heavy atom. The van der Waals surface area contributed by atoms with Crippen molar-refractivity contribution in [3.05, 3.63) is 24.3 Å². The maximum Gasteiger partial charge on any atom is 0.516 e.